The van der Waals surface area contributed by atoms with E-state index < -0.39 is 0 Å². The molecule has 0 bridgehead atoms. The van der Waals surface area contributed by atoms with Gasteiger partial charge in [0.05, 0.1) is 0 Å². The molecule has 2 aromatic rings. The number of nitrogens with zero attached hydrogens (tertiary/aromatic N) is 4. The van der Waals surface area contributed by atoms with Crippen molar-refractivity contribution in [2.45, 2.75) is 62.6 Å². The molecule has 8 heteroatoms. The van der Waals surface area contributed by atoms with Crippen molar-refractivity contribution in [3.05, 3.63) is 28.2 Å². The molecule has 1 fully saturated rings. The molecule has 0 aliphatic heterocycles. The molecule has 1 unspecified atom stereocenters. The van der Waals surface area contributed by atoms with Gasteiger partial charge in [-0.15, -0.1) is 10.2 Å². The molecule has 0 aromatic carbocycles. The van der Waals surface area contributed by atoms with Crippen molar-refractivity contribution in [2.24, 2.45) is 4.99 Å². The monoisotopic (exact) mass is 420 g/mol. The second kappa shape index (κ2) is 10.9. The largest absolute Gasteiger partial charge is 0.356 e. The molecule has 2 heterocycles. The fourth-order valence-electron chi connectivity index (χ4n) is 3.74. The van der Waals surface area contributed by atoms with Crippen LogP contribution in [0.5, 0.6) is 0 Å². The predicted molar refractivity (Wildman–Crippen MR) is 120 cm³/mol. The fraction of sp³-hybridized carbons (Fsp3) is 0.650. The normalized spacial score (nSPS) is 16.5. The SMILES string of the molecule is CN=C(NCCCc1nnc(SC)n1C1CCCC1)NCC(C)c1ccsc1. The summed E-state index contributed by atoms with van der Waals surface area (Å²) < 4.78 is 2.40. The van der Waals surface area contributed by atoms with Gasteiger partial charge in [-0.1, -0.05) is 31.5 Å². The van der Waals surface area contributed by atoms with Gasteiger partial charge in [-0.2, -0.15) is 11.3 Å². The number of thiophene rings is 1. The Morgan fingerprint density at radius 1 is 1.36 bits per heavy atom. The van der Waals surface area contributed by atoms with Crippen LogP contribution in [0, 0.1) is 0 Å². The van der Waals surface area contributed by atoms with Gasteiger partial charge in [-0.25, -0.2) is 0 Å². The Labute approximate surface area is 176 Å². The number of aliphatic imine (C=N–C) groups is 1. The van der Waals surface area contributed by atoms with Crippen LogP contribution < -0.4 is 10.6 Å². The predicted octanol–water partition coefficient (Wildman–Crippen LogP) is 4.08. The van der Waals surface area contributed by atoms with Gasteiger partial charge in [0.1, 0.15) is 5.82 Å². The van der Waals surface area contributed by atoms with Crippen molar-refractivity contribution in [1.29, 1.82) is 0 Å². The molecule has 0 spiro atoms. The van der Waals surface area contributed by atoms with E-state index in [1.165, 1.54) is 31.2 Å². The van der Waals surface area contributed by atoms with Crippen LogP contribution in [0.15, 0.2) is 27.0 Å². The summed E-state index contributed by atoms with van der Waals surface area (Å²) >= 11 is 3.45. The Kier molecular flexibility index (Phi) is 8.21. The zero-order valence-electron chi connectivity index (χ0n) is 17.1. The van der Waals surface area contributed by atoms with Crippen LogP contribution in [0.25, 0.3) is 0 Å². The van der Waals surface area contributed by atoms with E-state index in [0.717, 1.165) is 42.9 Å². The smallest absolute Gasteiger partial charge is 0.191 e. The van der Waals surface area contributed by atoms with Crippen LogP contribution in [0.4, 0.5) is 0 Å². The summed E-state index contributed by atoms with van der Waals surface area (Å²) in [4.78, 5) is 4.34. The quantitative estimate of drug-likeness (QED) is 0.277. The van der Waals surface area contributed by atoms with Crippen LogP contribution in [-0.4, -0.2) is 47.1 Å². The van der Waals surface area contributed by atoms with E-state index in [4.69, 9.17) is 0 Å². The lowest BCUT2D eigenvalue weighted by Gasteiger charge is -2.17. The maximum Gasteiger partial charge on any atom is 0.191 e. The number of rotatable bonds is 9. The van der Waals surface area contributed by atoms with Crippen LogP contribution in [0.2, 0.25) is 0 Å². The summed E-state index contributed by atoms with van der Waals surface area (Å²) in [6.45, 7) is 3.99. The average molecular weight is 421 g/mol. The van der Waals surface area contributed by atoms with E-state index in [-0.39, 0.29) is 0 Å². The molecule has 0 saturated heterocycles. The molecule has 1 aliphatic carbocycles. The van der Waals surface area contributed by atoms with Gasteiger partial charge in [-0.05, 0) is 53.8 Å². The van der Waals surface area contributed by atoms with E-state index in [1.54, 1.807) is 23.1 Å². The lowest BCUT2D eigenvalue weighted by atomic mass is 10.1. The van der Waals surface area contributed by atoms with Crippen molar-refractivity contribution in [3.63, 3.8) is 0 Å². The summed E-state index contributed by atoms with van der Waals surface area (Å²) in [5.41, 5.74) is 1.38. The summed E-state index contributed by atoms with van der Waals surface area (Å²) in [5, 5.41) is 21.1. The summed E-state index contributed by atoms with van der Waals surface area (Å²) in [6, 6.07) is 2.78. The fourth-order valence-corrected chi connectivity index (χ4v) is 5.10. The number of hydrogen-bond donors (Lipinski definition) is 2. The zero-order chi connectivity index (χ0) is 19.8. The van der Waals surface area contributed by atoms with Gasteiger partial charge in [0, 0.05) is 32.6 Å². The standard InChI is InChI=1S/C20H32N6S2/c1-15(16-10-12-28-14-16)13-23-19(21-2)22-11-6-9-18-24-25-20(27-3)26(18)17-7-4-5-8-17/h10,12,14-15,17H,4-9,11,13H2,1-3H3,(H2,21,22,23). The van der Waals surface area contributed by atoms with E-state index >= 15 is 0 Å². The van der Waals surface area contributed by atoms with Gasteiger partial charge in [0.2, 0.25) is 0 Å². The lowest BCUT2D eigenvalue weighted by Crippen LogP contribution is -2.39. The van der Waals surface area contributed by atoms with Crippen LogP contribution in [0.1, 0.15) is 62.4 Å². The molecule has 2 N–H and O–H groups in total. The molecule has 28 heavy (non-hydrogen) atoms. The molecule has 0 amide bonds. The van der Waals surface area contributed by atoms with Crippen LogP contribution in [0.3, 0.4) is 0 Å². The number of thioether (sulfide) groups is 1. The van der Waals surface area contributed by atoms with E-state index in [0.29, 0.717) is 12.0 Å². The number of aryl methyl sites for hydroxylation is 1. The third-order valence-corrected chi connectivity index (χ3v) is 6.73. The summed E-state index contributed by atoms with van der Waals surface area (Å²) in [5.74, 6) is 2.47. The highest BCUT2D eigenvalue weighted by molar-refractivity contribution is 7.98. The molecule has 154 valence electrons. The lowest BCUT2D eigenvalue weighted by molar-refractivity contribution is 0.460. The van der Waals surface area contributed by atoms with Gasteiger partial charge in [0.25, 0.3) is 0 Å². The second-order valence-corrected chi connectivity index (χ2v) is 8.91. The van der Waals surface area contributed by atoms with Gasteiger partial charge < -0.3 is 15.2 Å². The van der Waals surface area contributed by atoms with Crippen LogP contribution in [-0.2, 0) is 6.42 Å². The van der Waals surface area contributed by atoms with Gasteiger partial charge in [-0.3, -0.25) is 4.99 Å². The minimum Gasteiger partial charge on any atom is -0.356 e. The Morgan fingerprint density at radius 2 is 2.18 bits per heavy atom. The van der Waals surface area contributed by atoms with E-state index in [9.17, 15) is 0 Å². The Bertz CT molecular complexity index is 734. The van der Waals surface area contributed by atoms with E-state index in [2.05, 4.69) is 60.4 Å². The number of nitrogens with one attached hydrogen (secondary N) is 2. The van der Waals surface area contributed by atoms with Crippen molar-refractivity contribution in [1.82, 2.24) is 25.4 Å². The van der Waals surface area contributed by atoms with Gasteiger partial charge >= 0.3 is 0 Å². The topological polar surface area (TPSA) is 67.1 Å². The zero-order valence-corrected chi connectivity index (χ0v) is 18.8. The molecule has 3 rings (SSSR count). The Morgan fingerprint density at radius 3 is 2.86 bits per heavy atom. The highest BCUT2D eigenvalue weighted by Gasteiger charge is 2.23. The van der Waals surface area contributed by atoms with Crippen LogP contribution >= 0.6 is 23.1 Å². The van der Waals surface area contributed by atoms with Crippen molar-refractivity contribution in [3.8, 4) is 0 Å². The first-order valence-corrected chi connectivity index (χ1v) is 12.3. The molecule has 1 aliphatic rings. The van der Waals surface area contributed by atoms with Crippen molar-refractivity contribution in [2.75, 3.05) is 26.4 Å². The third kappa shape index (κ3) is 5.50. The molecule has 1 saturated carbocycles. The summed E-state index contributed by atoms with van der Waals surface area (Å²) in [7, 11) is 1.83. The Balaban J connectivity index is 1.44. The first kappa shape index (κ1) is 21.2. The maximum absolute atomic E-state index is 4.48. The molecule has 1 atom stereocenters. The first-order valence-electron chi connectivity index (χ1n) is 10.2. The second-order valence-electron chi connectivity index (χ2n) is 7.35. The Hall–Kier alpha value is -1.54. The van der Waals surface area contributed by atoms with E-state index in [1.807, 2.05) is 7.05 Å². The minimum atomic E-state index is 0.472. The highest BCUT2D eigenvalue weighted by Crippen LogP contribution is 2.33. The van der Waals surface area contributed by atoms with Crippen molar-refractivity contribution >= 4 is 29.1 Å². The first-order chi connectivity index (χ1) is 13.7. The maximum atomic E-state index is 4.48. The molecule has 0 radical (unpaired) electrons. The number of aromatic nitrogens is 3. The molecule has 6 nitrogen and oxygen atoms in total. The van der Waals surface area contributed by atoms with Crippen molar-refractivity contribution < 1.29 is 0 Å². The molecular formula is C20H32N6S2. The summed E-state index contributed by atoms with van der Waals surface area (Å²) in [6.07, 6.45) is 9.21. The number of guanidine groups is 1. The molecular weight excluding hydrogens is 388 g/mol. The number of hydrogen-bond acceptors (Lipinski definition) is 5. The average Bonchev–Trinajstić information content (AvgIpc) is 3.48. The highest BCUT2D eigenvalue weighted by atomic mass is 32.2. The minimum absolute atomic E-state index is 0.472. The molecule has 2 aromatic heterocycles. The third-order valence-electron chi connectivity index (χ3n) is 5.39. The van der Waals surface area contributed by atoms with Gasteiger partial charge in [0.15, 0.2) is 11.1 Å².